The number of benzene rings is 2. The minimum atomic E-state index is -1.06. The highest BCUT2D eigenvalue weighted by atomic mass is 32.1. The van der Waals surface area contributed by atoms with Gasteiger partial charge in [0, 0.05) is 22.1 Å². The lowest BCUT2D eigenvalue weighted by Gasteiger charge is -2.46. The Balaban J connectivity index is 1.80. The van der Waals surface area contributed by atoms with Gasteiger partial charge in [-0.1, -0.05) is 30.3 Å². The molecule has 206 valence electrons. The standard InChI is InChI=1S/C29H33N3O6S/c1-16-22(26(33)37-6)23(18-11-9-8-10-12-18)24(27(34)38-7)29(3,31-16)32-28-30-25(17(2)39-28)19-13-14-20(35-4)21(15-19)36-5/h8-15,23-24,31H,1-7H3,(H,30,32). The topological polar surface area (TPSA) is 108 Å². The van der Waals surface area contributed by atoms with E-state index in [9.17, 15) is 9.59 Å². The number of carbonyl (C=O) groups excluding carboxylic acids is 2. The van der Waals surface area contributed by atoms with Gasteiger partial charge in [-0.2, -0.15) is 0 Å². The highest BCUT2D eigenvalue weighted by Gasteiger charge is 2.52. The average molecular weight is 552 g/mol. The lowest BCUT2D eigenvalue weighted by Crippen LogP contribution is -2.62. The number of hydrogen-bond donors (Lipinski definition) is 2. The molecule has 0 saturated carbocycles. The van der Waals surface area contributed by atoms with Crippen LogP contribution in [0.4, 0.5) is 5.13 Å². The predicted octanol–water partition coefficient (Wildman–Crippen LogP) is 4.89. The zero-order chi connectivity index (χ0) is 28.3. The molecule has 39 heavy (non-hydrogen) atoms. The van der Waals surface area contributed by atoms with Crippen molar-refractivity contribution in [3.05, 3.63) is 70.2 Å². The summed E-state index contributed by atoms with van der Waals surface area (Å²) in [6, 6.07) is 15.1. The fourth-order valence-corrected chi connectivity index (χ4v) is 6.16. The third-order valence-corrected chi connectivity index (χ3v) is 7.84. The van der Waals surface area contributed by atoms with Crippen molar-refractivity contribution in [3.63, 3.8) is 0 Å². The summed E-state index contributed by atoms with van der Waals surface area (Å²) in [7, 11) is 5.86. The van der Waals surface area contributed by atoms with Crippen molar-refractivity contribution < 1.29 is 28.5 Å². The summed E-state index contributed by atoms with van der Waals surface area (Å²) in [6.07, 6.45) is 0. The van der Waals surface area contributed by atoms with E-state index in [0.717, 1.165) is 21.7 Å². The Bertz CT molecular complexity index is 1400. The van der Waals surface area contributed by atoms with Crippen molar-refractivity contribution in [1.29, 1.82) is 0 Å². The number of aryl methyl sites for hydroxylation is 1. The van der Waals surface area contributed by atoms with Crippen LogP contribution in [-0.2, 0) is 19.1 Å². The molecule has 4 rings (SSSR count). The van der Waals surface area contributed by atoms with Crippen LogP contribution in [0.1, 0.15) is 30.2 Å². The molecule has 9 nitrogen and oxygen atoms in total. The molecule has 3 atom stereocenters. The number of hydrogen-bond acceptors (Lipinski definition) is 10. The Morgan fingerprint density at radius 3 is 2.28 bits per heavy atom. The van der Waals surface area contributed by atoms with Gasteiger partial charge in [0.25, 0.3) is 0 Å². The van der Waals surface area contributed by atoms with E-state index in [1.807, 2.05) is 62.4 Å². The van der Waals surface area contributed by atoms with E-state index in [1.54, 1.807) is 21.1 Å². The van der Waals surface area contributed by atoms with E-state index in [2.05, 4.69) is 10.6 Å². The Hall–Kier alpha value is -4.05. The van der Waals surface area contributed by atoms with Gasteiger partial charge in [0.2, 0.25) is 0 Å². The van der Waals surface area contributed by atoms with Gasteiger partial charge in [-0.15, -0.1) is 11.3 Å². The Morgan fingerprint density at radius 2 is 1.67 bits per heavy atom. The van der Waals surface area contributed by atoms with Gasteiger partial charge in [0.1, 0.15) is 11.6 Å². The zero-order valence-corrected chi connectivity index (χ0v) is 23.9. The van der Waals surface area contributed by atoms with E-state index in [1.165, 1.54) is 25.6 Å². The third-order valence-electron chi connectivity index (χ3n) is 6.96. The summed E-state index contributed by atoms with van der Waals surface area (Å²) in [5, 5.41) is 7.44. The number of carbonyl (C=O) groups is 2. The molecule has 3 unspecified atom stereocenters. The van der Waals surface area contributed by atoms with Crippen LogP contribution in [0.15, 0.2) is 59.8 Å². The molecular weight excluding hydrogens is 518 g/mol. The SMILES string of the molecule is COC(=O)C1=C(C)NC(C)(Nc2nc(-c3ccc(OC)c(OC)c3)c(C)s2)C(C(=O)OC)C1c1ccccc1. The average Bonchev–Trinajstić information content (AvgIpc) is 3.30. The maximum Gasteiger partial charge on any atom is 0.336 e. The second-order valence-corrected chi connectivity index (χ2v) is 10.6. The Morgan fingerprint density at radius 1 is 0.974 bits per heavy atom. The first-order valence-electron chi connectivity index (χ1n) is 12.3. The van der Waals surface area contributed by atoms with Crippen LogP contribution >= 0.6 is 11.3 Å². The molecule has 3 aromatic rings. The molecule has 0 aliphatic carbocycles. The normalized spacial score (nSPS) is 20.6. The highest BCUT2D eigenvalue weighted by molar-refractivity contribution is 7.16. The molecule has 10 heteroatoms. The zero-order valence-electron chi connectivity index (χ0n) is 23.1. The molecule has 1 aliphatic rings. The molecular formula is C29H33N3O6S. The predicted molar refractivity (Wildman–Crippen MR) is 150 cm³/mol. The number of esters is 2. The van der Waals surface area contributed by atoms with Crippen LogP contribution in [-0.4, -0.2) is 51.0 Å². The van der Waals surface area contributed by atoms with E-state index in [4.69, 9.17) is 23.9 Å². The number of methoxy groups -OCH3 is 4. The first kappa shape index (κ1) is 28.0. The van der Waals surface area contributed by atoms with E-state index in [0.29, 0.717) is 27.9 Å². The Labute approximate surface area is 232 Å². The number of aromatic nitrogens is 1. The van der Waals surface area contributed by atoms with E-state index < -0.39 is 29.4 Å². The monoisotopic (exact) mass is 551 g/mol. The maximum absolute atomic E-state index is 13.4. The number of allylic oxidation sites excluding steroid dienone is 1. The fraction of sp³-hybridized carbons (Fsp3) is 0.345. The van der Waals surface area contributed by atoms with Gasteiger partial charge in [-0.05, 0) is 44.5 Å². The van der Waals surface area contributed by atoms with Crippen molar-refractivity contribution in [2.75, 3.05) is 33.8 Å². The number of nitrogens with zero attached hydrogens (tertiary/aromatic N) is 1. The van der Waals surface area contributed by atoms with Crippen molar-refractivity contribution in [1.82, 2.24) is 10.3 Å². The van der Waals surface area contributed by atoms with E-state index >= 15 is 0 Å². The summed E-state index contributed by atoms with van der Waals surface area (Å²) >= 11 is 1.46. The van der Waals surface area contributed by atoms with Crippen LogP contribution in [0.2, 0.25) is 0 Å². The number of nitrogens with one attached hydrogen (secondary N) is 2. The maximum atomic E-state index is 13.4. The third kappa shape index (κ3) is 5.29. The molecule has 0 bridgehead atoms. The summed E-state index contributed by atoms with van der Waals surface area (Å²) in [4.78, 5) is 32.2. The van der Waals surface area contributed by atoms with Crippen LogP contribution in [0.25, 0.3) is 11.3 Å². The Kier molecular flexibility index (Phi) is 8.15. The quantitative estimate of drug-likeness (QED) is 0.379. The number of anilines is 1. The summed E-state index contributed by atoms with van der Waals surface area (Å²) in [5.74, 6) is -1.22. The summed E-state index contributed by atoms with van der Waals surface area (Å²) in [5.41, 5.74) is 2.35. The minimum absolute atomic E-state index is 0.375. The molecule has 0 amide bonds. The molecule has 0 saturated heterocycles. The highest BCUT2D eigenvalue weighted by Crippen LogP contribution is 2.45. The molecule has 0 spiro atoms. The largest absolute Gasteiger partial charge is 0.493 e. The van der Waals surface area contributed by atoms with Gasteiger partial charge < -0.3 is 29.6 Å². The molecule has 0 fully saturated rings. The fourth-order valence-electron chi connectivity index (χ4n) is 5.21. The minimum Gasteiger partial charge on any atom is -0.493 e. The van der Waals surface area contributed by atoms with Gasteiger partial charge in [0.15, 0.2) is 16.6 Å². The van der Waals surface area contributed by atoms with Gasteiger partial charge >= 0.3 is 11.9 Å². The lowest BCUT2D eigenvalue weighted by atomic mass is 9.71. The van der Waals surface area contributed by atoms with Gasteiger partial charge in [-0.3, -0.25) is 4.79 Å². The van der Waals surface area contributed by atoms with Crippen molar-refractivity contribution in [3.8, 4) is 22.8 Å². The number of thiazole rings is 1. The van der Waals surface area contributed by atoms with Crippen LogP contribution in [0, 0.1) is 12.8 Å². The number of ether oxygens (including phenoxy) is 4. The van der Waals surface area contributed by atoms with Gasteiger partial charge in [-0.25, -0.2) is 9.78 Å². The lowest BCUT2D eigenvalue weighted by molar-refractivity contribution is -0.149. The molecule has 2 N–H and O–H groups in total. The molecule has 0 radical (unpaired) electrons. The molecule has 2 heterocycles. The first-order chi connectivity index (χ1) is 18.7. The van der Waals surface area contributed by atoms with Crippen LogP contribution in [0.5, 0.6) is 11.5 Å². The molecule has 1 aliphatic heterocycles. The molecule has 1 aromatic heterocycles. The van der Waals surface area contributed by atoms with Gasteiger partial charge in [0.05, 0.1) is 39.7 Å². The summed E-state index contributed by atoms with van der Waals surface area (Å²) in [6.45, 7) is 5.66. The second kappa shape index (κ2) is 11.4. The van der Waals surface area contributed by atoms with Crippen LogP contribution in [0.3, 0.4) is 0 Å². The second-order valence-electron chi connectivity index (χ2n) is 9.37. The summed E-state index contributed by atoms with van der Waals surface area (Å²) < 4.78 is 21.2. The molecule has 2 aromatic carbocycles. The first-order valence-corrected chi connectivity index (χ1v) is 13.2. The van der Waals surface area contributed by atoms with E-state index in [-0.39, 0.29) is 0 Å². The smallest absolute Gasteiger partial charge is 0.336 e. The van der Waals surface area contributed by atoms with Crippen LogP contribution < -0.4 is 20.1 Å². The number of rotatable bonds is 8. The van der Waals surface area contributed by atoms with Crippen molar-refractivity contribution in [2.45, 2.75) is 32.4 Å². The van der Waals surface area contributed by atoms with Crippen molar-refractivity contribution >= 4 is 28.4 Å². The van der Waals surface area contributed by atoms with Crippen molar-refractivity contribution in [2.24, 2.45) is 5.92 Å².